The maximum atomic E-state index is 12.6. The molecular formula is C18H20N4O2. The van der Waals surface area contributed by atoms with Gasteiger partial charge in [-0.25, -0.2) is 9.97 Å². The van der Waals surface area contributed by atoms with E-state index in [1.807, 2.05) is 6.20 Å². The minimum Gasteiger partial charge on any atom is -0.345 e. The van der Waals surface area contributed by atoms with E-state index in [1.165, 1.54) is 11.6 Å². The van der Waals surface area contributed by atoms with Crippen LogP contribution < -0.4 is 10.9 Å². The lowest BCUT2D eigenvalue weighted by atomic mass is 9.92. The number of hydrogen-bond donors (Lipinski definition) is 2. The fourth-order valence-corrected chi connectivity index (χ4v) is 3.64. The molecule has 2 N–H and O–H groups in total. The van der Waals surface area contributed by atoms with Crippen LogP contribution in [0.4, 0.5) is 0 Å². The second kappa shape index (κ2) is 6.19. The average Bonchev–Trinajstić information content (AvgIpc) is 3.06. The summed E-state index contributed by atoms with van der Waals surface area (Å²) in [6.07, 6.45) is 8.79. The number of amides is 1. The van der Waals surface area contributed by atoms with Crippen LogP contribution in [-0.4, -0.2) is 20.9 Å². The quantitative estimate of drug-likeness (QED) is 0.895. The van der Waals surface area contributed by atoms with Gasteiger partial charge < -0.3 is 10.3 Å². The third kappa shape index (κ3) is 2.84. The maximum absolute atomic E-state index is 12.6. The Bertz CT molecular complexity index is 857. The molecule has 0 radical (unpaired) electrons. The number of fused-ring (bicyclic) bond motifs is 2. The minimum atomic E-state index is -0.219. The van der Waals surface area contributed by atoms with Crippen molar-refractivity contribution in [2.24, 2.45) is 0 Å². The van der Waals surface area contributed by atoms with E-state index in [4.69, 9.17) is 0 Å². The van der Waals surface area contributed by atoms with Crippen molar-refractivity contribution in [2.75, 3.05) is 0 Å². The summed E-state index contributed by atoms with van der Waals surface area (Å²) in [6.45, 7) is 0.285. The van der Waals surface area contributed by atoms with Gasteiger partial charge in [-0.1, -0.05) is 0 Å². The summed E-state index contributed by atoms with van der Waals surface area (Å²) in [5.74, 6) is 0.408. The lowest BCUT2D eigenvalue weighted by Gasteiger charge is -2.18. The van der Waals surface area contributed by atoms with Crippen LogP contribution in [0, 0.1) is 0 Å². The van der Waals surface area contributed by atoms with Gasteiger partial charge in [0.2, 0.25) is 5.56 Å². The molecule has 1 amide bonds. The van der Waals surface area contributed by atoms with Gasteiger partial charge in [0, 0.05) is 29.2 Å². The minimum absolute atomic E-state index is 0.213. The van der Waals surface area contributed by atoms with Crippen LogP contribution in [0.3, 0.4) is 0 Å². The molecule has 6 heteroatoms. The van der Waals surface area contributed by atoms with E-state index in [2.05, 4.69) is 20.3 Å². The second-order valence-electron chi connectivity index (χ2n) is 6.51. The molecule has 0 aromatic carbocycles. The molecule has 2 aliphatic rings. The van der Waals surface area contributed by atoms with Gasteiger partial charge in [-0.15, -0.1) is 0 Å². The topological polar surface area (TPSA) is 87.7 Å². The number of carbonyl (C=O) groups is 1. The molecule has 0 atom stereocenters. The average molecular weight is 324 g/mol. The van der Waals surface area contributed by atoms with Crippen LogP contribution in [0.5, 0.6) is 0 Å². The highest BCUT2D eigenvalue weighted by Gasteiger charge is 2.20. The molecule has 2 heterocycles. The monoisotopic (exact) mass is 324 g/mol. The van der Waals surface area contributed by atoms with Crippen LogP contribution in [0.2, 0.25) is 0 Å². The number of aryl methyl sites for hydroxylation is 3. The van der Waals surface area contributed by atoms with Crippen LogP contribution in [0.1, 0.15) is 58.0 Å². The molecular weight excluding hydrogens is 304 g/mol. The largest absolute Gasteiger partial charge is 0.345 e. The lowest BCUT2D eigenvalue weighted by molar-refractivity contribution is 0.0948. The number of hydrogen-bond acceptors (Lipinski definition) is 4. The van der Waals surface area contributed by atoms with Gasteiger partial charge in [-0.05, 0) is 56.1 Å². The molecule has 4 rings (SSSR count). The van der Waals surface area contributed by atoms with Crippen LogP contribution in [0.15, 0.2) is 17.1 Å². The summed E-state index contributed by atoms with van der Waals surface area (Å²) in [4.78, 5) is 36.1. The van der Waals surface area contributed by atoms with Crippen LogP contribution >= 0.6 is 0 Å². The van der Waals surface area contributed by atoms with Crippen molar-refractivity contribution in [1.29, 1.82) is 0 Å². The van der Waals surface area contributed by atoms with Gasteiger partial charge in [-0.2, -0.15) is 0 Å². The summed E-state index contributed by atoms with van der Waals surface area (Å²) >= 11 is 0. The standard InChI is InChI=1S/C18H20N4O2/c23-17-8-13(12-5-1-2-6-15(12)22-17)18(24)20-10-16-19-9-11-4-3-7-14(11)21-16/h8-9H,1-7,10H2,(H,20,24)(H,22,23). The van der Waals surface area contributed by atoms with Crippen molar-refractivity contribution in [1.82, 2.24) is 20.3 Å². The van der Waals surface area contributed by atoms with Gasteiger partial charge in [0.05, 0.1) is 6.54 Å². The molecule has 0 saturated heterocycles. The molecule has 24 heavy (non-hydrogen) atoms. The molecule has 0 saturated carbocycles. The van der Waals surface area contributed by atoms with Crippen LogP contribution in [0.25, 0.3) is 0 Å². The first-order chi connectivity index (χ1) is 11.7. The number of aromatic nitrogens is 3. The molecule has 6 nitrogen and oxygen atoms in total. The van der Waals surface area contributed by atoms with Crippen molar-refractivity contribution >= 4 is 5.91 Å². The van der Waals surface area contributed by atoms with Crippen molar-refractivity contribution < 1.29 is 4.79 Å². The summed E-state index contributed by atoms with van der Waals surface area (Å²) < 4.78 is 0. The molecule has 2 aliphatic carbocycles. The molecule has 2 aromatic heterocycles. The number of aromatic amines is 1. The van der Waals surface area contributed by atoms with Crippen LogP contribution in [-0.2, 0) is 32.2 Å². The lowest BCUT2D eigenvalue weighted by Crippen LogP contribution is -2.28. The van der Waals surface area contributed by atoms with E-state index < -0.39 is 0 Å². The van der Waals surface area contributed by atoms with E-state index in [0.717, 1.165) is 61.9 Å². The zero-order valence-corrected chi connectivity index (χ0v) is 13.5. The third-order valence-corrected chi connectivity index (χ3v) is 4.86. The van der Waals surface area contributed by atoms with E-state index >= 15 is 0 Å². The molecule has 0 spiro atoms. The molecule has 124 valence electrons. The highest BCUT2D eigenvalue weighted by Crippen LogP contribution is 2.22. The first-order valence-electron chi connectivity index (χ1n) is 8.57. The van der Waals surface area contributed by atoms with E-state index in [9.17, 15) is 9.59 Å². The fourth-order valence-electron chi connectivity index (χ4n) is 3.64. The number of nitrogens with zero attached hydrogens (tertiary/aromatic N) is 2. The molecule has 0 fully saturated rings. The molecule has 0 unspecified atom stereocenters. The summed E-state index contributed by atoms with van der Waals surface area (Å²) in [6, 6.07) is 1.41. The normalized spacial score (nSPS) is 15.7. The summed E-state index contributed by atoms with van der Waals surface area (Å²) in [5, 5.41) is 2.87. The van der Waals surface area contributed by atoms with Gasteiger partial charge in [0.1, 0.15) is 5.82 Å². The number of carbonyl (C=O) groups excluding carboxylic acids is 1. The predicted octanol–water partition coefficient (Wildman–Crippen LogP) is 1.46. The smallest absolute Gasteiger partial charge is 0.252 e. The Hall–Kier alpha value is -2.50. The van der Waals surface area contributed by atoms with Gasteiger partial charge in [0.15, 0.2) is 0 Å². The third-order valence-electron chi connectivity index (χ3n) is 4.86. The maximum Gasteiger partial charge on any atom is 0.252 e. The van der Waals surface area contributed by atoms with Gasteiger partial charge in [0.25, 0.3) is 5.91 Å². The summed E-state index contributed by atoms with van der Waals surface area (Å²) in [7, 11) is 0. The number of nitrogens with one attached hydrogen (secondary N) is 2. The van der Waals surface area contributed by atoms with Crippen molar-refractivity contribution in [2.45, 2.75) is 51.5 Å². The van der Waals surface area contributed by atoms with Crippen molar-refractivity contribution in [3.05, 3.63) is 56.5 Å². The highest BCUT2D eigenvalue weighted by atomic mass is 16.2. The van der Waals surface area contributed by atoms with Gasteiger partial charge >= 0.3 is 0 Å². The Morgan fingerprint density at radius 2 is 2.04 bits per heavy atom. The zero-order chi connectivity index (χ0) is 16.5. The zero-order valence-electron chi connectivity index (χ0n) is 13.5. The van der Waals surface area contributed by atoms with Crippen molar-refractivity contribution in [3.63, 3.8) is 0 Å². The Balaban J connectivity index is 1.52. The molecule has 2 aromatic rings. The Morgan fingerprint density at radius 3 is 2.96 bits per heavy atom. The first-order valence-corrected chi connectivity index (χ1v) is 8.57. The Labute approximate surface area is 139 Å². The Morgan fingerprint density at radius 1 is 1.17 bits per heavy atom. The first kappa shape index (κ1) is 15.1. The highest BCUT2D eigenvalue weighted by molar-refractivity contribution is 5.95. The SMILES string of the molecule is O=C(NCc1ncc2c(n1)CCC2)c1cc(=O)[nH]c2c1CCCC2. The second-order valence-corrected chi connectivity index (χ2v) is 6.51. The number of H-pyrrole nitrogens is 1. The van der Waals surface area contributed by atoms with Gasteiger partial charge in [-0.3, -0.25) is 9.59 Å². The number of rotatable bonds is 3. The fraction of sp³-hybridized carbons (Fsp3) is 0.444. The van der Waals surface area contributed by atoms with E-state index in [0.29, 0.717) is 11.4 Å². The molecule has 0 bridgehead atoms. The number of pyridine rings is 1. The van der Waals surface area contributed by atoms with Crippen molar-refractivity contribution in [3.8, 4) is 0 Å². The predicted molar refractivity (Wildman–Crippen MR) is 88.9 cm³/mol. The Kier molecular flexibility index (Phi) is 3.88. The summed E-state index contributed by atoms with van der Waals surface area (Å²) in [5.41, 5.74) is 4.49. The van der Waals surface area contributed by atoms with E-state index in [1.54, 1.807) is 0 Å². The molecule has 0 aliphatic heterocycles. The van der Waals surface area contributed by atoms with E-state index in [-0.39, 0.29) is 18.0 Å².